The Kier molecular flexibility index (Phi) is 7.39. The minimum Gasteiger partial charge on any atom is -0.308 e. The van der Waals surface area contributed by atoms with Crippen molar-refractivity contribution in [2.45, 2.75) is 18.7 Å². The van der Waals surface area contributed by atoms with E-state index in [1.165, 1.54) is 29.5 Å². The summed E-state index contributed by atoms with van der Waals surface area (Å²) < 4.78 is 42.2. The zero-order valence-corrected chi connectivity index (χ0v) is 22.1. The minimum absolute atomic E-state index is 0.0756. The van der Waals surface area contributed by atoms with Crippen LogP contribution in [0.2, 0.25) is 0 Å². The number of aryl methyl sites for hydroxylation is 2. The van der Waals surface area contributed by atoms with E-state index in [1.54, 1.807) is 23.1 Å². The van der Waals surface area contributed by atoms with E-state index in [0.717, 1.165) is 33.5 Å². The van der Waals surface area contributed by atoms with Crippen molar-refractivity contribution in [2.24, 2.45) is 0 Å². The Morgan fingerprint density at radius 1 is 1.00 bits per heavy atom. The molecule has 36 heavy (non-hydrogen) atoms. The highest BCUT2D eigenvalue weighted by Crippen LogP contribution is 2.32. The molecule has 7 nitrogen and oxygen atoms in total. The maximum Gasteiger partial charge on any atom is 0.261 e. The summed E-state index contributed by atoms with van der Waals surface area (Å²) in [6.07, 6.45) is 0. The first-order chi connectivity index (χ1) is 17.0. The third kappa shape index (κ3) is 5.72. The molecular weight excluding hydrogens is 499 g/mol. The van der Waals surface area contributed by atoms with Gasteiger partial charge in [-0.05, 0) is 93.7 Å². The Hall–Kier alpha value is -3.34. The van der Waals surface area contributed by atoms with Gasteiger partial charge < -0.3 is 4.90 Å². The Morgan fingerprint density at radius 2 is 1.69 bits per heavy atom. The first-order valence-corrected chi connectivity index (χ1v) is 13.6. The van der Waals surface area contributed by atoms with Crippen molar-refractivity contribution in [2.75, 3.05) is 36.8 Å². The number of hydrogen-bond acceptors (Lipinski definition) is 6. The van der Waals surface area contributed by atoms with E-state index >= 15 is 0 Å². The third-order valence-corrected chi connectivity index (χ3v) is 8.16. The van der Waals surface area contributed by atoms with E-state index in [9.17, 15) is 17.6 Å². The number of benzene rings is 3. The summed E-state index contributed by atoms with van der Waals surface area (Å²) in [5.41, 5.74) is 3.67. The Bertz CT molecular complexity index is 1480. The molecule has 0 saturated carbocycles. The van der Waals surface area contributed by atoms with Crippen molar-refractivity contribution in [3.8, 4) is 0 Å². The van der Waals surface area contributed by atoms with Crippen LogP contribution >= 0.6 is 11.3 Å². The van der Waals surface area contributed by atoms with Gasteiger partial charge >= 0.3 is 0 Å². The van der Waals surface area contributed by atoms with Crippen molar-refractivity contribution in [3.05, 3.63) is 83.2 Å². The predicted molar refractivity (Wildman–Crippen MR) is 143 cm³/mol. The van der Waals surface area contributed by atoms with Gasteiger partial charge in [-0.1, -0.05) is 17.4 Å². The van der Waals surface area contributed by atoms with Gasteiger partial charge in [-0.15, -0.1) is 0 Å². The van der Waals surface area contributed by atoms with Crippen molar-refractivity contribution in [3.63, 3.8) is 0 Å². The topological polar surface area (TPSA) is 82.6 Å². The number of anilines is 2. The number of sulfonamides is 1. The SMILES string of the molecule is Cc1cc2nc(N(CCN(C)C)C(=O)c3cccc(NS(=O)(=O)c4ccc(F)cc4)c3)sc2cc1C. The second-order valence-corrected chi connectivity index (χ2v) is 11.5. The number of hydrogen-bond donors (Lipinski definition) is 1. The molecule has 0 atom stereocenters. The zero-order valence-electron chi connectivity index (χ0n) is 20.4. The number of likely N-dealkylation sites (N-methyl/N-ethyl adjacent to an activating group) is 1. The van der Waals surface area contributed by atoms with E-state index in [0.29, 0.717) is 23.8 Å². The molecule has 0 bridgehead atoms. The molecule has 0 aliphatic carbocycles. The van der Waals surface area contributed by atoms with Crippen LogP contribution in [0, 0.1) is 19.7 Å². The first-order valence-electron chi connectivity index (χ1n) is 11.3. The maximum atomic E-state index is 13.6. The summed E-state index contributed by atoms with van der Waals surface area (Å²) in [7, 11) is -0.0922. The maximum absolute atomic E-state index is 13.6. The van der Waals surface area contributed by atoms with E-state index < -0.39 is 15.8 Å². The fourth-order valence-corrected chi connectivity index (χ4v) is 5.69. The van der Waals surface area contributed by atoms with Crippen LogP contribution in [0.3, 0.4) is 0 Å². The lowest BCUT2D eigenvalue weighted by molar-refractivity contribution is 0.0985. The number of aromatic nitrogens is 1. The molecule has 1 amide bonds. The summed E-state index contributed by atoms with van der Waals surface area (Å²) in [4.78, 5) is 21.9. The van der Waals surface area contributed by atoms with E-state index in [2.05, 4.69) is 10.8 Å². The molecule has 0 aliphatic rings. The summed E-state index contributed by atoms with van der Waals surface area (Å²) in [6.45, 7) is 5.11. The molecule has 0 spiro atoms. The second-order valence-electron chi connectivity index (χ2n) is 8.80. The smallest absolute Gasteiger partial charge is 0.261 e. The van der Waals surface area contributed by atoms with Gasteiger partial charge in [0.1, 0.15) is 5.82 Å². The van der Waals surface area contributed by atoms with Crippen LogP contribution in [-0.4, -0.2) is 51.4 Å². The molecule has 1 heterocycles. The van der Waals surface area contributed by atoms with Crippen LogP contribution in [0.4, 0.5) is 15.2 Å². The quantitative estimate of drug-likeness (QED) is 0.347. The summed E-state index contributed by atoms with van der Waals surface area (Å²) in [6, 6.07) is 14.9. The number of carbonyl (C=O) groups excluding carboxylic acids is 1. The normalized spacial score (nSPS) is 11.7. The van der Waals surface area contributed by atoms with Crippen LogP contribution in [0.25, 0.3) is 10.2 Å². The third-order valence-electron chi connectivity index (χ3n) is 5.73. The molecule has 0 fully saturated rings. The van der Waals surface area contributed by atoms with Gasteiger partial charge in [-0.2, -0.15) is 0 Å². The van der Waals surface area contributed by atoms with Gasteiger partial charge in [0, 0.05) is 24.3 Å². The van der Waals surface area contributed by atoms with Gasteiger partial charge in [-0.3, -0.25) is 14.4 Å². The van der Waals surface area contributed by atoms with E-state index in [-0.39, 0.29) is 16.5 Å². The van der Waals surface area contributed by atoms with Gasteiger partial charge in [0.05, 0.1) is 15.1 Å². The molecule has 0 aliphatic heterocycles. The van der Waals surface area contributed by atoms with Crippen molar-refractivity contribution >= 4 is 48.3 Å². The van der Waals surface area contributed by atoms with Crippen LogP contribution in [0.15, 0.2) is 65.6 Å². The molecule has 0 unspecified atom stereocenters. The number of halogens is 1. The second kappa shape index (κ2) is 10.3. The first kappa shape index (κ1) is 25.7. The Labute approximate surface area is 214 Å². The van der Waals surface area contributed by atoms with Crippen LogP contribution in [0.5, 0.6) is 0 Å². The van der Waals surface area contributed by atoms with Crippen molar-refractivity contribution in [1.82, 2.24) is 9.88 Å². The van der Waals surface area contributed by atoms with E-state index in [1.807, 2.05) is 38.9 Å². The zero-order chi connectivity index (χ0) is 26.0. The lowest BCUT2D eigenvalue weighted by atomic mass is 10.1. The van der Waals surface area contributed by atoms with Gasteiger partial charge in [0.25, 0.3) is 15.9 Å². The molecule has 3 aromatic carbocycles. The molecule has 10 heteroatoms. The summed E-state index contributed by atoms with van der Waals surface area (Å²) in [5, 5.41) is 0.583. The number of fused-ring (bicyclic) bond motifs is 1. The number of carbonyl (C=O) groups is 1. The molecule has 1 aromatic heterocycles. The number of rotatable bonds is 8. The number of thiazole rings is 1. The molecule has 0 saturated heterocycles. The Morgan fingerprint density at radius 3 is 2.39 bits per heavy atom. The number of nitrogens with zero attached hydrogens (tertiary/aromatic N) is 3. The average molecular weight is 527 g/mol. The Balaban J connectivity index is 1.65. The predicted octanol–water partition coefficient (Wildman–Crippen LogP) is 5.06. The standard InChI is InChI=1S/C26H27FN4O3S2/c1-17-14-23-24(15-18(17)2)35-26(28-23)31(13-12-30(3)4)25(32)19-6-5-7-21(16-19)29-36(33,34)22-10-8-20(27)9-11-22/h5-11,14-16,29H,12-13H2,1-4H3. The molecule has 1 N–H and O–H groups in total. The molecular formula is C26H27FN4O3S2. The minimum atomic E-state index is -3.95. The van der Waals surface area contributed by atoms with E-state index in [4.69, 9.17) is 4.98 Å². The fourth-order valence-electron chi connectivity index (χ4n) is 3.57. The average Bonchev–Trinajstić information content (AvgIpc) is 3.21. The summed E-state index contributed by atoms with van der Waals surface area (Å²) in [5.74, 6) is -0.813. The highest BCUT2D eigenvalue weighted by Gasteiger charge is 2.23. The van der Waals surface area contributed by atoms with Crippen LogP contribution in [0.1, 0.15) is 21.5 Å². The largest absolute Gasteiger partial charge is 0.308 e. The van der Waals surface area contributed by atoms with Crippen LogP contribution < -0.4 is 9.62 Å². The van der Waals surface area contributed by atoms with Crippen LogP contribution in [-0.2, 0) is 10.0 Å². The lowest BCUT2D eigenvalue weighted by Gasteiger charge is -2.22. The lowest BCUT2D eigenvalue weighted by Crippen LogP contribution is -2.36. The number of amides is 1. The number of nitrogens with one attached hydrogen (secondary N) is 1. The molecule has 4 rings (SSSR count). The van der Waals surface area contributed by atoms with Crippen molar-refractivity contribution < 1.29 is 17.6 Å². The monoisotopic (exact) mass is 526 g/mol. The van der Waals surface area contributed by atoms with Crippen molar-refractivity contribution in [1.29, 1.82) is 0 Å². The van der Waals surface area contributed by atoms with Gasteiger partial charge in [0.15, 0.2) is 5.13 Å². The summed E-state index contributed by atoms with van der Waals surface area (Å²) >= 11 is 1.45. The van der Waals surface area contributed by atoms with Gasteiger partial charge in [0.2, 0.25) is 0 Å². The molecule has 188 valence electrons. The molecule has 4 aromatic rings. The highest BCUT2D eigenvalue weighted by atomic mass is 32.2. The highest BCUT2D eigenvalue weighted by molar-refractivity contribution is 7.92. The fraction of sp³-hybridized carbons (Fsp3) is 0.231. The molecule has 0 radical (unpaired) electrons. The van der Waals surface area contributed by atoms with Gasteiger partial charge in [-0.25, -0.2) is 17.8 Å².